The van der Waals surface area contributed by atoms with E-state index < -0.39 is 0 Å². The molecule has 1 aromatic carbocycles. The second-order valence-corrected chi connectivity index (χ2v) is 8.08. The van der Waals surface area contributed by atoms with Gasteiger partial charge in [0.2, 0.25) is 0 Å². The van der Waals surface area contributed by atoms with Crippen molar-refractivity contribution >= 4 is 35.7 Å². The molecule has 2 saturated heterocycles. The maximum atomic E-state index is 3.59. The molecule has 2 fully saturated rings. The third-order valence-electron chi connectivity index (χ3n) is 6.34. The molecule has 152 valence electrons. The Labute approximate surface area is 176 Å². The van der Waals surface area contributed by atoms with E-state index in [-0.39, 0.29) is 24.8 Å². The minimum atomic E-state index is 0. The number of aryl methyl sites for hydroxylation is 1. The number of likely N-dealkylation sites (tertiary alicyclic amines) is 2. The van der Waals surface area contributed by atoms with Crippen LogP contribution < -0.4 is 0 Å². The van der Waals surface area contributed by atoms with Crippen molar-refractivity contribution in [3.05, 3.63) is 35.5 Å². The lowest BCUT2D eigenvalue weighted by Gasteiger charge is -2.33. The number of benzene rings is 1. The summed E-state index contributed by atoms with van der Waals surface area (Å²) in [4.78, 5) is 8.96. The van der Waals surface area contributed by atoms with E-state index in [1.54, 1.807) is 5.56 Å². The average Bonchev–Trinajstić information content (AvgIpc) is 2.99. The summed E-state index contributed by atoms with van der Waals surface area (Å²) in [5.74, 6) is 0.731. The lowest BCUT2D eigenvalue weighted by atomic mass is 9.87. The number of hydrogen-bond donors (Lipinski definition) is 1. The van der Waals surface area contributed by atoms with Gasteiger partial charge < -0.3 is 14.8 Å². The standard InChI is InChI=1S/C22H33N3.2ClH/c1-18-22(20-8-3-4-9-21(20)23-18)19-10-16-25(17-11-19)15-7-14-24-12-5-2-6-13-24;;/h3-4,8-9,19,23H,2,5-7,10-17H2,1H3;2*1H. The number of H-pyrrole nitrogens is 1. The summed E-state index contributed by atoms with van der Waals surface area (Å²) in [7, 11) is 0. The molecule has 0 bridgehead atoms. The fourth-order valence-corrected chi connectivity index (χ4v) is 4.97. The number of halogens is 2. The molecular formula is C22H35Cl2N3. The summed E-state index contributed by atoms with van der Waals surface area (Å²) >= 11 is 0. The third-order valence-corrected chi connectivity index (χ3v) is 6.34. The molecule has 0 spiro atoms. The number of hydrogen-bond acceptors (Lipinski definition) is 2. The molecule has 2 aliphatic rings. The van der Waals surface area contributed by atoms with Crippen LogP contribution in [0.25, 0.3) is 10.9 Å². The first-order valence-corrected chi connectivity index (χ1v) is 10.3. The van der Waals surface area contributed by atoms with Crippen LogP contribution in [0.5, 0.6) is 0 Å². The van der Waals surface area contributed by atoms with E-state index in [1.165, 1.54) is 94.4 Å². The maximum Gasteiger partial charge on any atom is 0.0458 e. The Bertz CT molecular complexity index is 686. The normalized spacial score (nSPS) is 19.6. The second kappa shape index (κ2) is 10.7. The molecule has 0 aliphatic carbocycles. The lowest BCUT2D eigenvalue weighted by molar-refractivity contribution is 0.181. The van der Waals surface area contributed by atoms with Gasteiger partial charge in [0.15, 0.2) is 0 Å². The van der Waals surface area contributed by atoms with Crippen LogP contribution in [0.15, 0.2) is 24.3 Å². The summed E-state index contributed by atoms with van der Waals surface area (Å²) in [5, 5.41) is 1.45. The van der Waals surface area contributed by atoms with Gasteiger partial charge in [-0.3, -0.25) is 0 Å². The summed E-state index contributed by atoms with van der Waals surface area (Å²) in [6.07, 6.45) is 8.23. The Morgan fingerprint density at radius 3 is 2.22 bits per heavy atom. The molecule has 0 atom stereocenters. The Balaban J connectivity index is 0.00000131. The highest BCUT2D eigenvalue weighted by Crippen LogP contribution is 2.35. The van der Waals surface area contributed by atoms with Gasteiger partial charge in [-0.1, -0.05) is 24.6 Å². The summed E-state index contributed by atoms with van der Waals surface area (Å²) < 4.78 is 0. The van der Waals surface area contributed by atoms with Gasteiger partial charge in [0, 0.05) is 16.6 Å². The monoisotopic (exact) mass is 411 g/mol. The minimum Gasteiger partial charge on any atom is -0.358 e. The molecular weight excluding hydrogens is 377 g/mol. The van der Waals surface area contributed by atoms with Crippen molar-refractivity contribution < 1.29 is 0 Å². The molecule has 4 rings (SSSR count). The van der Waals surface area contributed by atoms with Crippen LogP contribution in [0.2, 0.25) is 0 Å². The number of nitrogens with zero attached hydrogens (tertiary/aromatic N) is 2. The number of fused-ring (bicyclic) bond motifs is 1. The first-order valence-electron chi connectivity index (χ1n) is 10.3. The minimum absolute atomic E-state index is 0. The molecule has 27 heavy (non-hydrogen) atoms. The van der Waals surface area contributed by atoms with Crippen molar-refractivity contribution in [2.24, 2.45) is 0 Å². The van der Waals surface area contributed by atoms with E-state index in [4.69, 9.17) is 0 Å². The zero-order chi connectivity index (χ0) is 17.1. The van der Waals surface area contributed by atoms with Crippen molar-refractivity contribution in [3.8, 4) is 0 Å². The van der Waals surface area contributed by atoms with Crippen molar-refractivity contribution in [2.45, 2.75) is 51.4 Å². The van der Waals surface area contributed by atoms with Gasteiger partial charge in [-0.05, 0) is 95.8 Å². The largest absolute Gasteiger partial charge is 0.358 e. The molecule has 0 amide bonds. The van der Waals surface area contributed by atoms with Crippen LogP contribution in [0.1, 0.15) is 55.7 Å². The quantitative estimate of drug-likeness (QED) is 0.713. The van der Waals surface area contributed by atoms with E-state index >= 15 is 0 Å². The van der Waals surface area contributed by atoms with Gasteiger partial charge in [0.05, 0.1) is 0 Å². The van der Waals surface area contributed by atoms with Crippen molar-refractivity contribution in [3.63, 3.8) is 0 Å². The topological polar surface area (TPSA) is 22.3 Å². The van der Waals surface area contributed by atoms with Gasteiger partial charge in [-0.15, -0.1) is 24.8 Å². The van der Waals surface area contributed by atoms with E-state index in [2.05, 4.69) is 46.0 Å². The molecule has 3 nitrogen and oxygen atoms in total. The number of rotatable bonds is 5. The number of aromatic amines is 1. The van der Waals surface area contributed by atoms with Crippen LogP contribution in [-0.4, -0.2) is 54.1 Å². The number of nitrogens with one attached hydrogen (secondary N) is 1. The smallest absolute Gasteiger partial charge is 0.0458 e. The highest BCUT2D eigenvalue weighted by atomic mass is 35.5. The zero-order valence-corrected chi connectivity index (χ0v) is 18.2. The highest BCUT2D eigenvalue weighted by Gasteiger charge is 2.24. The molecule has 0 radical (unpaired) electrons. The Morgan fingerprint density at radius 1 is 0.889 bits per heavy atom. The Hall–Kier alpha value is -0.740. The lowest BCUT2D eigenvalue weighted by Crippen LogP contribution is -2.36. The average molecular weight is 412 g/mol. The van der Waals surface area contributed by atoms with Crippen LogP contribution >= 0.6 is 24.8 Å². The van der Waals surface area contributed by atoms with Gasteiger partial charge in [-0.25, -0.2) is 0 Å². The summed E-state index contributed by atoms with van der Waals surface area (Å²) in [6.45, 7) is 10.1. The van der Waals surface area contributed by atoms with Gasteiger partial charge >= 0.3 is 0 Å². The summed E-state index contributed by atoms with van der Waals surface area (Å²) in [6, 6.07) is 8.81. The van der Waals surface area contributed by atoms with Crippen LogP contribution in [0.4, 0.5) is 0 Å². The zero-order valence-electron chi connectivity index (χ0n) is 16.6. The molecule has 3 heterocycles. The molecule has 1 N–H and O–H groups in total. The first kappa shape index (κ1) is 22.5. The number of aromatic nitrogens is 1. The fraction of sp³-hybridized carbons (Fsp3) is 0.636. The molecule has 0 unspecified atom stereocenters. The Morgan fingerprint density at radius 2 is 1.52 bits per heavy atom. The van der Waals surface area contributed by atoms with Crippen LogP contribution in [0, 0.1) is 6.92 Å². The van der Waals surface area contributed by atoms with Crippen molar-refractivity contribution in [2.75, 3.05) is 39.3 Å². The van der Waals surface area contributed by atoms with Gasteiger partial charge in [-0.2, -0.15) is 0 Å². The molecule has 2 aromatic rings. The second-order valence-electron chi connectivity index (χ2n) is 8.08. The molecule has 1 aromatic heterocycles. The SMILES string of the molecule is Cc1[nH]c2ccccc2c1C1CCN(CCCN2CCCCC2)CC1.Cl.Cl. The van der Waals surface area contributed by atoms with E-state index in [0.29, 0.717) is 0 Å². The Kier molecular flexibility index (Phi) is 8.94. The van der Waals surface area contributed by atoms with E-state index in [1.807, 2.05) is 0 Å². The predicted octanol–water partition coefficient (Wildman–Crippen LogP) is 5.38. The molecule has 2 aliphatic heterocycles. The fourth-order valence-electron chi connectivity index (χ4n) is 4.97. The third kappa shape index (κ3) is 5.41. The van der Waals surface area contributed by atoms with Crippen LogP contribution in [0.3, 0.4) is 0 Å². The van der Waals surface area contributed by atoms with Gasteiger partial charge in [0.25, 0.3) is 0 Å². The molecule has 5 heteroatoms. The van der Waals surface area contributed by atoms with Crippen LogP contribution in [-0.2, 0) is 0 Å². The molecule has 0 saturated carbocycles. The van der Waals surface area contributed by atoms with Crippen molar-refractivity contribution in [1.29, 1.82) is 0 Å². The van der Waals surface area contributed by atoms with E-state index in [9.17, 15) is 0 Å². The predicted molar refractivity (Wildman–Crippen MR) is 121 cm³/mol. The van der Waals surface area contributed by atoms with Crippen molar-refractivity contribution in [1.82, 2.24) is 14.8 Å². The number of para-hydroxylation sites is 1. The van der Waals surface area contributed by atoms with E-state index in [0.717, 1.165) is 5.92 Å². The maximum absolute atomic E-state index is 3.59. The highest BCUT2D eigenvalue weighted by molar-refractivity contribution is 5.86. The number of piperidine rings is 2. The first-order chi connectivity index (χ1) is 12.3. The van der Waals surface area contributed by atoms with Gasteiger partial charge in [0.1, 0.15) is 0 Å². The summed E-state index contributed by atoms with van der Waals surface area (Å²) in [5.41, 5.74) is 4.27.